The second-order valence-electron chi connectivity index (χ2n) is 11.1. The van der Waals surface area contributed by atoms with Gasteiger partial charge in [-0.3, -0.25) is 9.36 Å². The van der Waals surface area contributed by atoms with Crippen LogP contribution in [-0.4, -0.2) is 44.5 Å². The Bertz CT molecular complexity index is 2220. The summed E-state index contributed by atoms with van der Waals surface area (Å²) in [4.78, 5) is 36.4. The van der Waals surface area contributed by atoms with Gasteiger partial charge in [-0.15, -0.1) is 0 Å². The van der Waals surface area contributed by atoms with Crippen LogP contribution in [0.25, 0.3) is 22.5 Å². The Labute approximate surface area is 291 Å². The number of fused-ring (bicyclic) bond motifs is 2. The molecule has 6 rings (SSSR count). The standard InChI is InChI=1S/C38H36BrN3O5S/c1-6-41(7-2)28-22-30(46-5)25(20-27(28)39)21-31-36(43)42-35(32-26-17-13-12-14-23(26)18-19-29(32)45-4)33(37(44)47-8-3)34(40-38(42)48-31)24-15-10-9-11-16-24/h9-22,35H,6-8H2,1-5H3/b31-21+. The van der Waals surface area contributed by atoms with Crippen LogP contribution in [0.2, 0.25) is 0 Å². The number of halogens is 1. The Morgan fingerprint density at radius 1 is 0.958 bits per heavy atom. The Hall–Kier alpha value is -4.67. The van der Waals surface area contributed by atoms with Gasteiger partial charge in [0, 0.05) is 40.3 Å². The lowest BCUT2D eigenvalue weighted by atomic mass is 9.89. The minimum atomic E-state index is -0.891. The molecule has 0 fully saturated rings. The lowest BCUT2D eigenvalue weighted by Crippen LogP contribution is -2.40. The van der Waals surface area contributed by atoms with Gasteiger partial charge in [0.05, 0.1) is 42.3 Å². The Morgan fingerprint density at radius 3 is 2.35 bits per heavy atom. The number of methoxy groups -OCH3 is 2. The monoisotopic (exact) mass is 725 g/mol. The molecule has 0 bridgehead atoms. The summed E-state index contributed by atoms with van der Waals surface area (Å²) in [5.74, 6) is 0.629. The average molecular weight is 727 g/mol. The molecule has 0 saturated heterocycles. The predicted octanol–water partition coefficient (Wildman–Crippen LogP) is 6.71. The lowest BCUT2D eigenvalue weighted by Gasteiger charge is -2.28. The van der Waals surface area contributed by atoms with Crippen LogP contribution in [-0.2, 0) is 9.53 Å². The van der Waals surface area contributed by atoms with Crippen LogP contribution >= 0.6 is 27.3 Å². The van der Waals surface area contributed by atoms with E-state index in [1.807, 2.05) is 84.9 Å². The first-order chi connectivity index (χ1) is 23.3. The van der Waals surface area contributed by atoms with Gasteiger partial charge in [-0.05, 0) is 65.7 Å². The molecule has 246 valence electrons. The van der Waals surface area contributed by atoms with Crippen molar-refractivity contribution in [2.24, 2.45) is 4.99 Å². The summed E-state index contributed by atoms with van der Waals surface area (Å²) < 4.78 is 20.4. The lowest BCUT2D eigenvalue weighted by molar-refractivity contribution is -0.138. The van der Waals surface area contributed by atoms with E-state index in [0.717, 1.165) is 45.1 Å². The molecule has 1 aromatic heterocycles. The third-order valence-corrected chi connectivity index (χ3v) is 10.1. The molecule has 4 aromatic carbocycles. The van der Waals surface area contributed by atoms with E-state index in [2.05, 4.69) is 34.7 Å². The second-order valence-corrected chi connectivity index (χ2v) is 12.9. The van der Waals surface area contributed by atoms with E-state index in [4.69, 9.17) is 19.2 Å². The van der Waals surface area contributed by atoms with E-state index in [9.17, 15) is 9.59 Å². The molecular weight excluding hydrogens is 690 g/mol. The van der Waals surface area contributed by atoms with E-state index in [1.54, 1.807) is 25.7 Å². The van der Waals surface area contributed by atoms with Gasteiger partial charge in [0.25, 0.3) is 5.56 Å². The van der Waals surface area contributed by atoms with Gasteiger partial charge in [0.2, 0.25) is 0 Å². The summed E-state index contributed by atoms with van der Waals surface area (Å²) in [6, 6.07) is 24.3. The summed E-state index contributed by atoms with van der Waals surface area (Å²) >= 11 is 5.01. The zero-order valence-electron chi connectivity index (χ0n) is 27.5. The number of rotatable bonds is 10. The molecule has 0 saturated carbocycles. The molecule has 0 amide bonds. The highest BCUT2D eigenvalue weighted by atomic mass is 79.9. The van der Waals surface area contributed by atoms with Gasteiger partial charge in [-0.1, -0.05) is 72.0 Å². The van der Waals surface area contributed by atoms with Crippen molar-refractivity contribution in [3.8, 4) is 11.5 Å². The zero-order valence-corrected chi connectivity index (χ0v) is 29.9. The van der Waals surface area contributed by atoms with Crippen molar-refractivity contribution < 1.29 is 19.0 Å². The molecule has 1 aliphatic rings. The molecule has 1 aliphatic heterocycles. The van der Waals surface area contributed by atoms with E-state index in [0.29, 0.717) is 32.1 Å². The molecule has 0 spiro atoms. The van der Waals surface area contributed by atoms with Gasteiger partial charge < -0.3 is 19.1 Å². The number of benzene rings is 4. The van der Waals surface area contributed by atoms with E-state index in [-0.39, 0.29) is 17.7 Å². The molecule has 10 heteroatoms. The number of thiazole rings is 1. The molecule has 0 N–H and O–H groups in total. The topological polar surface area (TPSA) is 82.4 Å². The van der Waals surface area contributed by atoms with Gasteiger partial charge in [0.15, 0.2) is 4.80 Å². The van der Waals surface area contributed by atoms with Crippen LogP contribution in [0, 0.1) is 0 Å². The molecule has 8 nitrogen and oxygen atoms in total. The van der Waals surface area contributed by atoms with Crippen LogP contribution < -0.4 is 29.3 Å². The summed E-state index contributed by atoms with van der Waals surface area (Å²) in [6.07, 6.45) is 1.83. The fraction of sp³-hybridized carbons (Fsp3) is 0.237. The number of aromatic nitrogens is 1. The first kappa shape index (κ1) is 33.2. The van der Waals surface area contributed by atoms with Gasteiger partial charge >= 0.3 is 5.97 Å². The highest BCUT2D eigenvalue weighted by molar-refractivity contribution is 9.10. The molecule has 2 heterocycles. The number of ether oxygens (including phenoxy) is 3. The van der Waals surface area contributed by atoms with Crippen molar-refractivity contribution in [3.63, 3.8) is 0 Å². The maximum absolute atomic E-state index is 14.7. The van der Waals surface area contributed by atoms with Crippen molar-refractivity contribution in [1.29, 1.82) is 0 Å². The van der Waals surface area contributed by atoms with Crippen LogP contribution in [0.5, 0.6) is 11.5 Å². The number of nitrogens with zero attached hydrogens (tertiary/aromatic N) is 3. The SMILES string of the molecule is CCOC(=O)C1=C(c2ccccc2)N=c2s/c(=C/c3cc(Br)c(N(CC)CC)cc3OC)c(=O)n2C1c1c(OC)ccc2ccccc12. The number of hydrogen-bond acceptors (Lipinski definition) is 8. The number of carbonyl (C=O) groups is 1. The van der Waals surface area contributed by atoms with Crippen molar-refractivity contribution in [1.82, 2.24) is 4.57 Å². The van der Waals surface area contributed by atoms with Crippen LogP contribution in [0.4, 0.5) is 5.69 Å². The van der Waals surface area contributed by atoms with Crippen molar-refractivity contribution in [2.75, 3.05) is 38.8 Å². The van der Waals surface area contributed by atoms with E-state index in [1.165, 1.54) is 11.3 Å². The first-order valence-electron chi connectivity index (χ1n) is 15.8. The summed E-state index contributed by atoms with van der Waals surface area (Å²) in [7, 11) is 3.22. The van der Waals surface area contributed by atoms with Gasteiger partial charge in [-0.2, -0.15) is 0 Å². The highest BCUT2D eigenvalue weighted by Gasteiger charge is 2.37. The molecule has 0 aliphatic carbocycles. The molecule has 0 radical (unpaired) electrons. The molecule has 48 heavy (non-hydrogen) atoms. The second kappa shape index (κ2) is 14.2. The minimum absolute atomic E-state index is 0.159. The molecule has 1 unspecified atom stereocenters. The van der Waals surface area contributed by atoms with E-state index < -0.39 is 12.0 Å². The number of hydrogen-bond donors (Lipinski definition) is 0. The van der Waals surface area contributed by atoms with Crippen LogP contribution in [0.3, 0.4) is 0 Å². The van der Waals surface area contributed by atoms with Crippen LogP contribution in [0.15, 0.2) is 98.7 Å². The van der Waals surface area contributed by atoms with Crippen molar-refractivity contribution >= 4 is 61.5 Å². The van der Waals surface area contributed by atoms with Crippen LogP contribution in [0.1, 0.15) is 43.5 Å². The third-order valence-electron chi connectivity index (χ3n) is 8.49. The summed E-state index contributed by atoms with van der Waals surface area (Å²) in [5.41, 5.74) is 3.58. The highest BCUT2D eigenvalue weighted by Crippen LogP contribution is 2.42. The summed E-state index contributed by atoms with van der Waals surface area (Å²) in [6.45, 7) is 7.80. The Morgan fingerprint density at radius 2 is 1.67 bits per heavy atom. The smallest absolute Gasteiger partial charge is 0.338 e. The quantitative estimate of drug-likeness (QED) is 0.149. The zero-order chi connectivity index (χ0) is 33.9. The van der Waals surface area contributed by atoms with Crippen molar-refractivity contribution in [2.45, 2.75) is 26.8 Å². The fourth-order valence-corrected chi connectivity index (χ4v) is 7.85. The largest absolute Gasteiger partial charge is 0.496 e. The maximum atomic E-state index is 14.7. The van der Waals surface area contributed by atoms with Gasteiger partial charge in [-0.25, -0.2) is 9.79 Å². The average Bonchev–Trinajstić information content (AvgIpc) is 3.42. The first-order valence-corrected chi connectivity index (χ1v) is 17.4. The minimum Gasteiger partial charge on any atom is -0.496 e. The number of anilines is 1. The molecule has 1 atom stereocenters. The Kier molecular flexibility index (Phi) is 9.84. The van der Waals surface area contributed by atoms with Crippen molar-refractivity contribution in [3.05, 3.63) is 125 Å². The molecular formula is C38H36BrN3O5S. The normalized spacial score (nSPS) is 14.5. The third kappa shape index (κ3) is 5.95. The fourth-order valence-electron chi connectivity index (χ4n) is 6.24. The maximum Gasteiger partial charge on any atom is 0.338 e. The number of carbonyl (C=O) groups excluding carboxylic acids is 1. The van der Waals surface area contributed by atoms with E-state index >= 15 is 0 Å². The Balaban J connectivity index is 1.70. The number of esters is 1. The molecule has 5 aromatic rings. The predicted molar refractivity (Wildman–Crippen MR) is 196 cm³/mol. The summed E-state index contributed by atoms with van der Waals surface area (Å²) in [5, 5.41) is 1.80. The van der Waals surface area contributed by atoms with Gasteiger partial charge in [0.1, 0.15) is 17.5 Å².